The summed E-state index contributed by atoms with van der Waals surface area (Å²) in [4.78, 5) is 11.5. The third kappa shape index (κ3) is 2.29. The molecule has 7 heteroatoms. The molecule has 0 saturated carbocycles. The molecule has 0 bridgehead atoms. The predicted molar refractivity (Wildman–Crippen MR) is 59.1 cm³/mol. The summed E-state index contributed by atoms with van der Waals surface area (Å²) in [6.45, 7) is 1.63. The largest absolute Gasteiger partial charge is 0.465 e. The summed E-state index contributed by atoms with van der Waals surface area (Å²) >= 11 is 0. The second-order valence-electron chi connectivity index (χ2n) is 3.45. The Hall–Kier alpha value is -2.44. The van der Waals surface area contributed by atoms with Crippen LogP contribution in [0.4, 0.5) is 4.39 Å². The van der Waals surface area contributed by atoms with Crippen LogP contribution >= 0.6 is 0 Å². The lowest BCUT2D eigenvalue weighted by atomic mass is 10.1. The van der Waals surface area contributed by atoms with Gasteiger partial charge in [-0.05, 0) is 25.1 Å². The number of carbonyl (C=O) groups is 1. The summed E-state index contributed by atoms with van der Waals surface area (Å²) in [5.41, 5.74) is 0.355. The van der Waals surface area contributed by atoms with Crippen LogP contribution in [0.5, 0.6) is 0 Å². The average Bonchev–Trinajstić information content (AvgIpc) is 2.39. The van der Waals surface area contributed by atoms with Crippen LogP contribution in [-0.4, -0.2) is 33.5 Å². The van der Waals surface area contributed by atoms with E-state index in [2.05, 4.69) is 25.1 Å². The number of ether oxygens (including phenoxy) is 1. The second kappa shape index (κ2) is 4.82. The van der Waals surface area contributed by atoms with Gasteiger partial charge in [0.25, 0.3) is 0 Å². The van der Waals surface area contributed by atoms with Crippen molar-refractivity contribution in [3.63, 3.8) is 0 Å². The Morgan fingerprint density at radius 3 is 2.50 bits per heavy atom. The molecule has 0 radical (unpaired) electrons. The molecule has 92 valence electrons. The lowest BCUT2D eigenvalue weighted by molar-refractivity contribution is 0.0601. The van der Waals surface area contributed by atoms with Gasteiger partial charge in [-0.1, -0.05) is 0 Å². The highest BCUT2D eigenvalue weighted by molar-refractivity contribution is 5.96. The Kier molecular flexibility index (Phi) is 3.22. The number of benzene rings is 1. The van der Waals surface area contributed by atoms with E-state index in [-0.39, 0.29) is 11.4 Å². The maximum atomic E-state index is 13.1. The van der Waals surface area contributed by atoms with Crippen LogP contribution < -0.4 is 0 Å². The fraction of sp³-hybridized carbons (Fsp3) is 0.182. The number of carbonyl (C=O) groups excluding carboxylic acids is 1. The van der Waals surface area contributed by atoms with Crippen molar-refractivity contribution in [2.75, 3.05) is 7.11 Å². The van der Waals surface area contributed by atoms with Gasteiger partial charge in [-0.25, -0.2) is 9.18 Å². The normalized spacial score (nSPS) is 10.2. The number of rotatable bonds is 2. The summed E-state index contributed by atoms with van der Waals surface area (Å²) < 4.78 is 17.7. The van der Waals surface area contributed by atoms with Crippen LogP contribution in [0.2, 0.25) is 0 Å². The minimum Gasteiger partial charge on any atom is -0.465 e. The number of aromatic nitrogens is 4. The molecule has 0 N–H and O–H groups in total. The molecule has 18 heavy (non-hydrogen) atoms. The number of nitrogens with zero attached hydrogens (tertiary/aromatic N) is 4. The highest BCUT2D eigenvalue weighted by Crippen LogP contribution is 2.21. The molecule has 1 heterocycles. The van der Waals surface area contributed by atoms with E-state index in [1.165, 1.54) is 19.2 Å². The first-order chi connectivity index (χ1) is 8.61. The molecule has 0 fully saturated rings. The van der Waals surface area contributed by atoms with E-state index in [1.54, 1.807) is 6.92 Å². The van der Waals surface area contributed by atoms with E-state index < -0.39 is 11.8 Å². The highest BCUT2D eigenvalue weighted by atomic mass is 19.1. The third-order valence-corrected chi connectivity index (χ3v) is 2.21. The number of methoxy groups -OCH3 is 1. The minimum atomic E-state index is -0.673. The first-order valence-electron chi connectivity index (χ1n) is 5.04. The molecule has 0 unspecified atom stereocenters. The fourth-order valence-electron chi connectivity index (χ4n) is 1.38. The van der Waals surface area contributed by atoms with Gasteiger partial charge in [-0.15, -0.1) is 20.4 Å². The standard InChI is InChI=1S/C11H9FN4O2/c1-6-13-15-10(16-14-6)8-4-3-7(12)5-9(8)11(17)18-2/h3-5H,1-2H3. The molecule has 0 aliphatic rings. The highest BCUT2D eigenvalue weighted by Gasteiger charge is 2.17. The molecule has 6 nitrogen and oxygen atoms in total. The molecule has 0 spiro atoms. The van der Waals surface area contributed by atoms with Crippen LogP contribution in [0.1, 0.15) is 16.2 Å². The van der Waals surface area contributed by atoms with Crippen LogP contribution in [0.25, 0.3) is 11.4 Å². The van der Waals surface area contributed by atoms with Gasteiger partial charge in [-0.2, -0.15) is 0 Å². The van der Waals surface area contributed by atoms with Gasteiger partial charge in [0.15, 0.2) is 5.82 Å². The van der Waals surface area contributed by atoms with Gasteiger partial charge >= 0.3 is 5.97 Å². The van der Waals surface area contributed by atoms with Crippen molar-refractivity contribution < 1.29 is 13.9 Å². The van der Waals surface area contributed by atoms with Gasteiger partial charge in [0.05, 0.1) is 12.7 Å². The maximum absolute atomic E-state index is 13.1. The van der Waals surface area contributed by atoms with Crippen molar-refractivity contribution in [2.45, 2.75) is 6.92 Å². The first kappa shape index (κ1) is 12.0. The Labute approximate surface area is 102 Å². The molecule has 2 rings (SSSR count). The summed E-state index contributed by atoms with van der Waals surface area (Å²) in [5.74, 6) is -0.678. The molecule has 0 atom stereocenters. The van der Waals surface area contributed by atoms with Crippen molar-refractivity contribution in [3.05, 3.63) is 35.4 Å². The second-order valence-corrected chi connectivity index (χ2v) is 3.45. The Morgan fingerprint density at radius 2 is 1.89 bits per heavy atom. The van der Waals surface area contributed by atoms with E-state index in [4.69, 9.17) is 0 Å². The molecule has 2 aromatic rings. The zero-order valence-corrected chi connectivity index (χ0v) is 9.72. The molecular formula is C11H9FN4O2. The van der Waals surface area contributed by atoms with Gasteiger partial charge < -0.3 is 4.74 Å². The molecule has 1 aromatic carbocycles. The lowest BCUT2D eigenvalue weighted by Gasteiger charge is -2.05. The molecule has 1 aromatic heterocycles. The third-order valence-electron chi connectivity index (χ3n) is 2.21. The predicted octanol–water partition coefficient (Wildman–Crippen LogP) is 1.17. The van der Waals surface area contributed by atoms with E-state index in [1.807, 2.05) is 0 Å². The van der Waals surface area contributed by atoms with Crippen LogP contribution in [0, 0.1) is 12.7 Å². The van der Waals surface area contributed by atoms with Gasteiger partial charge in [0.1, 0.15) is 5.82 Å². The first-order valence-corrected chi connectivity index (χ1v) is 5.04. The van der Waals surface area contributed by atoms with E-state index >= 15 is 0 Å². The zero-order chi connectivity index (χ0) is 13.1. The zero-order valence-electron chi connectivity index (χ0n) is 9.72. The van der Waals surface area contributed by atoms with Gasteiger partial charge in [-0.3, -0.25) is 0 Å². The van der Waals surface area contributed by atoms with Gasteiger partial charge in [0, 0.05) is 5.56 Å². The van der Waals surface area contributed by atoms with Crippen LogP contribution in [0.3, 0.4) is 0 Å². The van der Waals surface area contributed by atoms with E-state index in [0.717, 1.165) is 6.07 Å². The molecule has 0 amide bonds. The molecule has 0 aliphatic heterocycles. The summed E-state index contributed by atoms with van der Waals surface area (Å²) in [6.07, 6.45) is 0. The summed E-state index contributed by atoms with van der Waals surface area (Å²) in [7, 11) is 1.21. The fourth-order valence-corrected chi connectivity index (χ4v) is 1.38. The number of halogens is 1. The molecular weight excluding hydrogens is 239 g/mol. The maximum Gasteiger partial charge on any atom is 0.338 e. The lowest BCUT2D eigenvalue weighted by Crippen LogP contribution is -2.07. The summed E-state index contributed by atoms with van der Waals surface area (Å²) in [6, 6.07) is 3.64. The Balaban J connectivity index is 2.56. The number of hydrogen-bond acceptors (Lipinski definition) is 6. The smallest absolute Gasteiger partial charge is 0.338 e. The van der Waals surface area contributed by atoms with Crippen molar-refractivity contribution in [2.24, 2.45) is 0 Å². The van der Waals surface area contributed by atoms with Crippen LogP contribution in [-0.2, 0) is 4.74 Å². The average molecular weight is 248 g/mol. The van der Waals surface area contributed by atoms with Crippen LogP contribution in [0.15, 0.2) is 18.2 Å². The van der Waals surface area contributed by atoms with Gasteiger partial charge in [0.2, 0.25) is 5.82 Å². The van der Waals surface area contributed by atoms with Crippen molar-refractivity contribution in [3.8, 4) is 11.4 Å². The van der Waals surface area contributed by atoms with E-state index in [0.29, 0.717) is 11.4 Å². The van der Waals surface area contributed by atoms with E-state index in [9.17, 15) is 9.18 Å². The summed E-state index contributed by atoms with van der Waals surface area (Å²) in [5, 5.41) is 15.1. The number of hydrogen-bond donors (Lipinski definition) is 0. The van der Waals surface area contributed by atoms with Crippen molar-refractivity contribution in [1.82, 2.24) is 20.4 Å². The molecule has 0 aliphatic carbocycles. The number of esters is 1. The monoisotopic (exact) mass is 248 g/mol. The Bertz CT molecular complexity index is 586. The topological polar surface area (TPSA) is 77.9 Å². The molecule has 0 saturated heterocycles. The van der Waals surface area contributed by atoms with Crippen molar-refractivity contribution >= 4 is 5.97 Å². The quantitative estimate of drug-likeness (QED) is 0.742. The SMILES string of the molecule is COC(=O)c1cc(F)ccc1-c1nnc(C)nn1. The van der Waals surface area contributed by atoms with Crippen molar-refractivity contribution in [1.29, 1.82) is 0 Å². The number of aryl methyl sites for hydroxylation is 1. The minimum absolute atomic E-state index is 0.0324. The Morgan fingerprint density at radius 1 is 1.22 bits per heavy atom.